The Balaban J connectivity index is 2.70. The number of nitrogens with one attached hydrogen (secondary N) is 2. The summed E-state index contributed by atoms with van der Waals surface area (Å²) in [7, 11) is 0. The summed E-state index contributed by atoms with van der Waals surface area (Å²) in [5.41, 5.74) is 0.855. The number of hydrogen-bond donors (Lipinski definition) is 2. The Hall–Kier alpha value is -1.32. The molecule has 1 aliphatic heterocycles. The van der Waals surface area contributed by atoms with Gasteiger partial charge in [-0.25, -0.2) is 0 Å². The van der Waals surface area contributed by atoms with Crippen LogP contribution in [-0.4, -0.2) is 16.7 Å². The number of anilines is 1. The fraction of sp³-hybridized carbons (Fsp3) is 0.333. The summed E-state index contributed by atoms with van der Waals surface area (Å²) in [6.07, 6.45) is 2.12. The highest BCUT2D eigenvalue weighted by atomic mass is 16.1. The first kappa shape index (κ1) is 5.46. The zero-order valence-electron chi connectivity index (χ0n) is 5.35. The van der Waals surface area contributed by atoms with Crippen molar-refractivity contribution in [1.82, 2.24) is 10.2 Å². The average Bonchev–Trinajstić information content (AvgIpc) is 2.36. The molecule has 0 aromatic carbocycles. The van der Waals surface area contributed by atoms with E-state index in [0.29, 0.717) is 0 Å². The molecule has 2 heterocycles. The Morgan fingerprint density at radius 3 is 3.30 bits per heavy atom. The lowest BCUT2D eigenvalue weighted by Gasteiger charge is -1.93. The van der Waals surface area contributed by atoms with Crippen LogP contribution in [0.3, 0.4) is 0 Å². The number of aromatic amines is 1. The Labute approximate surface area is 57.3 Å². The van der Waals surface area contributed by atoms with E-state index in [1.54, 1.807) is 0 Å². The van der Waals surface area contributed by atoms with Crippen molar-refractivity contribution in [2.45, 2.75) is 6.42 Å². The smallest absolute Gasteiger partial charge is 0.205 e. The lowest BCUT2D eigenvalue weighted by molar-refractivity contribution is 1.01. The predicted molar refractivity (Wildman–Crippen MR) is 37.1 cm³/mol. The largest absolute Gasteiger partial charge is 0.370 e. The van der Waals surface area contributed by atoms with E-state index in [-0.39, 0.29) is 5.43 Å². The zero-order valence-corrected chi connectivity index (χ0v) is 5.35. The van der Waals surface area contributed by atoms with E-state index in [1.807, 2.05) is 0 Å². The second-order valence-electron chi connectivity index (χ2n) is 2.26. The molecule has 52 valence electrons. The molecule has 0 saturated carbocycles. The molecule has 0 unspecified atom stereocenters. The molecule has 10 heavy (non-hydrogen) atoms. The second kappa shape index (κ2) is 1.83. The van der Waals surface area contributed by atoms with Gasteiger partial charge >= 0.3 is 0 Å². The maximum atomic E-state index is 11.0. The molecule has 1 aromatic heterocycles. The van der Waals surface area contributed by atoms with Crippen LogP contribution in [0.1, 0.15) is 5.56 Å². The highest BCUT2D eigenvalue weighted by molar-refractivity contribution is 5.46. The first-order valence-corrected chi connectivity index (χ1v) is 3.18. The van der Waals surface area contributed by atoms with Crippen molar-refractivity contribution in [1.29, 1.82) is 0 Å². The van der Waals surface area contributed by atoms with Gasteiger partial charge < -0.3 is 5.32 Å². The van der Waals surface area contributed by atoms with Crippen LogP contribution < -0.4 is 10.7 Å². The Morgan fingerprint density at radius 1 is 1.60 bits per heavy atom. The van der Waals surface area contributed by atoms with Gasteiger partial charge in [0.1, 0.15) is 5.82 Å². The van der Waals surface area contributed by atoms with E-state index in [4.69, 9.17) is 0 Å². The molecule has 2 rings (SSSR count). The summed E-state index contributed by atoms with van der Waals surface area (Å²) >= 11 is 0. The van der Waals surface area contributed by atoms with Gasteiger partial charge in [0.25, 0.3) is 0 Å². The van der Waals surface area contributed by atoms with Gasteiger partial charge in [-0.3, -0.25) is 9.89 Å². The third kappa shape index (κ3) is 0.618. The molecule has 0 atom stereocenters. The fourth-order valence-corrected chi connectivity index (χ4v) is 1.13. The summed E-state index contributed by atoms with van der Waals surface area (Å²) in [4.78, 5) is 11.0. The fourth-order valence-electron chi connectivity index (χ4n) is 1.13. The van der Waals surface area contributed by atoms with Gasteiger partial charge in [0.05, 0.1) is 6.20 Å². The van der Waals surface area contributed by atoms with Crippen LogP contribution in [0.25, 0.3) is 0 Å². The Morgan fingerprint density at radius 2 is 2.50 bits per heavy atom. The molecule has 2 N–H and O–H groups in total. The number of aromatic nitrogens is 2. The van der Waals surface area contributed by atoms with E-state index in [2.05, 4.69) is 15.5 Å². The molecule has 4 heteroatoms. The average molecular weight is 137 g/mol. The first-order valence-electron chi connectivity index (χ1n) is 3.18. The number of hydrogen-bond acceptors (Lipinski definition) is 3. The Kier molecular flexibility index (Phi) is 1.00. The van der Waals surface area contributed by atoms with Crippen LogP contribution in [0.5, 0.6) is 0 Å². The third-order valence-corrected chi connectivity index (χ3v) is 1.63. The van der Waals surface area contributed by atoms with Gasteiger partial charge in [0.2, 0.25) is 5.43 Å². The predicted octanol–water partition coefficient (Wildman–Crippen LogP) is -0.262. The van der Waals surface area contributed by atoms with Crippen LogP contribution in [0.2, 0.25) is 0 Å². The highest BCUT2D eigenvalue weighted by Gasteiger charge is 2.12. The monoisotopic (exact) mass is 137 g/mol. The number of fused-ring (bicyclic) bond motifs is 1. The van der Waals surface area contributed by atoms with Crippen LogP contribution in [0.15, 0.2) is 11.0 Å². The van der Waals surface area contributed by atoms with Gasteiger partial charge in [-0.1, -0.05) is 0 Å². The summed E-state index contributed by atoms with van der Waals surface area (Å²) < 4.78 is 0. The molecule has 1 aromatic rings. The van der Waals surface area contributed by atoms with Gasteiger partial charge in [0, 0.05) is 12.1 Å². The molecule has 0 aliphatic carbocycles. The molecule has 4 nitrogen and oxygen atoms in total. The van der Waals surface area contributed by atoms with Gasteiger partial charge in [-0.15, -0.1) is 0 Å². The van der Waals surface area contributed by atoms with E-state index in [0.717, 1.165) is 24.3 Å². The molecule has 1 aliphatic rings. The van der Waals surface area contributed by atoms with Gasteiger partial charge in [-0.05, 0) is 6.42 Å². The molecule has 0 radical (unpaired) electrons. The van der Waals surface area contributed by atoms with E-state index < -0.39 is 0 Å². The van der Waals surface area contributed by atoms with Gasteiger partial charge in [0.15, 0.2) is 0 Å². The normalized spacial score (nSPS) is 14.4. The van der Waals surface area contributed by atoms with E-state index >= 15 is 0 Å². The molecule has 0 spiro atoms. The van der Waals surface area contributed by atoms with Crippen molar-refractivity contribution in [3.63, 3.8) is 0 Å². The zero-order chi connectivity index (χ0) is 6.97. The maximum Gasteiger partial charge on any atom is 0.205 e. The highest BCUT2D eigenvalue weighted by Crippen LogP contribution is 2.11. The summed E-state index contributed by atoms with van der Waals surface area (Å²) in [5, 5.41) is 9.41. The first-order chi connectivity index (χ1) is 4.88. The molecule has 0 amide bonds. The van der Waals surface area contributed by atoms with E-state index in [9.17, 15) is 4.79 Å². The summed E-state index contributed by atoms with van der Waals surface area (Å²) in [6, 6.07) is 0. The van der Waals surface area contributed by atoms with Crippen molar-refractivity contribution in [3.8, 4) is 0 Å². The quantitative estimate of drug-likeness (QED) is 0.518. The second-order valence-corrected chi connectivity index (χ2v) is 2.26. The Bertz CT molecular complexity index is 304. The topological polar surface area (TPSA) is 57.8 Å². The van der Waals surface area contributed by atoms with Crippen LogP contribution in [-0.2, 0) is 6.42 Å². The third-order valence-electron chi connectivity index (χ3n) is 1.63. The molecule has 0 fully saturated rings. The van der Waals surface area contributed by atoms with Crippen LogP contribution in [0, 0.1) is 0 Å². The van der Waals surface area contributed by atoms with Crippen LogP contribution in [0.4, 0.5) is 5.82 Å². The number of rotatable bonds is 0. The SMILES string of the molecule is O=c1cn[nH]c2c1CCN2. The van der Waals surface area contributed by atoms with Crippen molar-refractivity contribution in [3.05, 3.63) is 22.0 Å². The minimum absolute atomic E-state index is 0.0266. The minimum Gasteiger partial charge on any atom is -0.370 e. The van der Waals surface area contributed by atoms with Crippen molar-refractivity contribution in [2.24, 2.45) is 0 Å². The summed E-state index contributed by atoms with van der Waals surface area (Å²) in [5.74, 6) is 0.785. The van der Waals surface area contributed by atoms with E-state index in [1.165, 1.54) is 6.20 Å². The van der Waals surface area contributed by atoms with Gasteiger partial charge in [-0.2, -0.15) is 5.10 Å². The van der Waals surface area contributed by atoms with Crippen LogP contribution >= 0.6 is 0 Å². The van der Waals surface area contributed by atoms with Crippen molar-refractivity contribution < 1.29 is 0 Å². The molecular formula is C6H7N3O. The van der Waals surface area contributed by atoms with Crippen molar-refractivity contribution in [2.75, 3.05) is 11.9 Å². The number of H-pyrrole nitrogens is 1. The lowest BCUT2D eigenvalue weighted by Crippen LogP contribution is -2.07. The maximum absolute atomic E-state index is 11.0. The molecule has 0 bridgehead atoms. The standard InChI is InChI=1S/C6H7N3O/c10-5-3-8-9-6-4(5)1-2-7-6/h3H,1-2H2,(H2,7,9,10). The lowest BCUT2D eigenvalue weighted by atomic mass is 10.2. The molecular weight excluding hydrogens is 130 g/mol. The van der Waals surface area contributed by atoms with Crippen molar-refractivity contribution >= 4 is 5.82 Å². The molecule has 0 saturated heterocycles. The minimum atomic E-state index is 0.0266. The summed E-state index contributed by atoms with van der Waals surface area (Å²) in [6.45, 7) is 0.840. The number of nitrogens with zero attached hydrogens (tertiary/aromatic N) is 1.